The fourth-order valence-corrected chi connectivity index (χ4v) is 2.95. The van der Waals surface area contributed by atoms with E-state index in [1.165, 1.54) is 10.5 Å². The van der Waals surface area contributed by atoms with Gasteiger partial charge in [-0.25, -0.2) is 0 Å². The molecule has 0 bridgehead atoms. The summed E-state index contributed by atoms with van der Waals surface area (Å²) in [6.45, 7) is 0.844. The van der Waals surface area contributed by atoms with Crippen molar-refractivity contribution >= 4 is 17.6 Å². The molecule has 0 fully saturated rings. The molecule has 112 valence electrons. The number of furan rings is 1. The second kappa shape index (κ2) is 7.20. The molecular weight excluding hydrogens is 292 g/mol. The largest absolute Gasteiger partial charge is 0.472 e. The van der Waals surface area contributed by atoms with Gasteiger partial charge in [-0.2, -0.15) is 0 Å². The lowest BCUT2D eigenvalue weighted by molar-refractivity contribution is 0.568. The minimum absolute atomic E-state index is 0.844. The second-order valence-corrected chi connectivity index (χ2v) is 5.82. The van der Waals surface area contributed by atoms with E-state index in [2.05, 4.69) is 40.4 Å². The van der Waals surface area contributed by atoms with E-state index in [1.807, 2.05) is 31.3 Å². The summed E-state index contributed by atoms with van der Waals surface area (Å²) >= 11 is 1.61. The number of hydrogen-bond acceptors (Lipinski definition) is 4. The van der Waals surface area contributed by atoms with E-state index in [-0.39, 0.29) is 0 Å². The first-order valence-corrected chi connectivity index (χ1v) is 7.96. The molecule has 0 saturated heterocycles. The zero-order chi connectivity index (χ0) is 15.2. The molecule has 1 aromatic heterocycles. The molecule has 0 radical (unpaired) electrons. The molecule has 1 heterocycles. The molecule has 0 atom stereocenters. The molecule has 0 aliphatic carbocycles. The maximum absolute atomic E-state index is 5.22. The van der Waals surface area contributed by atoms with Gasteiger partial charge in [0, 0.05) is 22.6 Å². The summed E-state index contributed by atoms with van der Waals surface area (Å²) in [4.78, 5) is 1.18. The van der Waals surface area contributed by atoms with E-state index in [0.29, 0.717) is 0 Å². The first-order chi connectivity index (χ1) is 10.9. The Balaban J connectivity index is 1.87. The third kappa shape index (κ3) is 3.53. The van der Waals surface area contributed by atoms with Crippen molar-refractivity contribution in [2.24, 2.45) is 0 Å². The van der Waals surface area contributed by atoms with Crippen molar-refractivity contribution < 1.29 is 4.42 Å². The molecular formula is C18H18N2OS. The maximum atomic E-state index is 5.22. The van der Waals surface area contributed by atoms with Gasteiger partial charge in [-0.15, -0.1) is 0 Å². The molecule has 4 heteroatoms. The summed E-state index contributed by atoms with van der Waals surface area (Å²) in [7, 11) is 1.95. The van der Waals surface area contributed by atoms with E-state index in [4.69, 9.17) is 4.42 Å². The molecule has 3 nitrogen and oxygen atoms in total. The first-order valence-electron chi connectivity index (χ1n) is 7.15. The van der Waals surface area contributed by atoms with Gasteiger partial charge >= 0.3 is 0 Å². The summed E-state index contributed by atoms with van der Waals surface area (Å²) in [5, 5.41) is 3.19. The van der Waals surface area contributed by atoms with Crippen LogP contribution in [0.3, 0.4) is 0 Å². The average molecular weight is 310 g/mol. The van der Waals surface area contributed by atoms with Crippen LogP contribution in [-0.2, 0) is 6.54 Å². The molecule has 3 aromatic rings. The zero-order valence-corrected chi connectivity index (χ0v) is 13.2. The number of nitrogens with one attached hydrogen (secondary N) is 2. The lowest BCUT2D eigenvalue weighted by Crippen LogP contribution is -2.05. The van der Waals surface area contributed by atoms with Gasteiger partial charge in [0.05, 0.1) is 18.2 Å². The maximum Gasteiger partial charge on any atom is 0.0981 e. The van der Waals surface area contributed by atoms with E-state index < -0.39 is 0 Å². The number of anilines is 1. The highest BCUT2D eigenvalue weighted by atomic mass is 32.2. The van der Waals surface area contributed by atoms with Crippen molar-refractivity contribution in [2.45, 2.75) is 11.4 Å². The van der Waals surface area contributed by atoms with Crippen LogP contribution < -0.4 is 10.0 Å². The van der Waals surface area contributed by atoms with Gasteiger partial charge in [-0.05, 0) is 48.8 Å². The highest BCUT2D eigenvalue weighted by molar-refractivity contribution is 8.00. The van der Waals surface area contributed by atoms with Crippen molar-refractivity contribution in [3.63, 3.8) is 0 Å². The van der Waals surface area contributed by atoms with Crippen LogP contribution in [0.15, 0.2) is 76.4 Å². The Labute approximate surface area is 134 Å². The molecule has 22 heavy (non-hydrogen) atoms. The number of benzene rings is 2. The Morgan fingerprint density at radius 1 is 1.05 bits per heavy atom. The number of rotatable bonds is 6. The van der Waals surface area contributed by atoms with Gasteiger partial charge < -0.3 is 14.5 Å². The first kappa shape index (κ1) is 14.8. The Hall–Kier alpha value is -2.17. The van der Waals surface area contributed by atoms with E-state index in [9.17, 15) is 0 Å². The van der Waals surface area contributed by atoms with Crippen LogP contribution in [0.25, 0.3) is 11.1 Å². The van der Waals surface area contributed by atoms with E-state index >= 15 is 0 Å². The van der Waals surface area contributed by atoms with Crippen molar-refractivity contribution in [2.75, 3.05) is 11.8 Å². The van der Waals surface area contributed by atoms with Gasteiger partial charge in [-0.1, -0.05) is 30.3 Å². The standard InChI is InChI=1S/C18H18N2OS/c1-19-12-14-7-8-17(15-9-10-21-13-15)18(11-14)20-22-16-5-3-2-4-6-16/h2-11,13,19-20H,12H2,1H3. The highest BCUT2D eigenvalue weighted by Gasteiger charge is 2.08. The van der Waals surface area contributed by atoms with Gasteiger partial charge in [-0.3, -0.25) is 0 Å². The molecule has 0 aliphatic heterocycles. The van der Waals surface area contributed by atoms with Gasteiger partial charge in [0.25, 0.3) is 0 Å². The Morgan fingerprint density at radius 2 is 1.91 bits per heavy atom. The van der Waals surface area contributed by atoms with Crippen LogP contribution in [0, 0.1) is 0 Å². The predicted molar refractivity (Wildman–Crippen MR) is 92.8 cm³/mol. The smallest absolute Gasteiger partial charge is 0.0981 e. The number of hydrogen-bond donors (Lipinski definition) is 2. The molecule has 3 rings (SSSR count). The van der Waals surface area contributed by atoms with Crippen LogP contribution in [0.2, 0.25) is 0 Å². The quantitative estimate of drug-likeness (QED) is 0.642. The summed E-state index contributed by atoms with van der Waals surface area (Å²) in [5.74, 6) is 0. The zero-order valence-electron chi connectivity index (χ0n) is 12.4. The Bertz CT molecular complexity index is 711. The fourth-order valence-electron chi connectivity index (χ4n) is 2.26. The van der Waals surface area contributed by atoms with Crippen molar-refractivity contribution in [3.05, 3.63) is 72.7 Å². The van der Waals surface area contributed by atoms with Crippen molar-refractivity contribution in [1.29, 1.82) is 0 Å². The summed E-state index contributed by atoms with van der Waals surface area (Å²) in [5.41, 5.74) is 4.54. The Morgan fingerprint density at radius 3 is 2.64 bits per heavy atom. The lowest BCUT2D eigenvalue weighted by atomic mass is 10.0. The topological polar surface area (TPSA) is 37.2 Å². The van der Waals surface area contributed by atoms with Gasteiger partial charge in [0.1, 0.15) is 0 Å². The third-order valence-corrected chi connectivity index (χ3v) is 4.15. The van der Waals surface area contributed by atoms with Crippen LogP contribution in [-0.4, -0.2) is 7.05 Å². The molecule has 2 aromatic carbocycles. The summed E-state index contributed by atoms with van der Waals surface area (Å²) < 4.78 is 8.68. The fraction of sp³-hybridized carbons (Fsp3) is 0.111. The van der Waals surface area contributed by atoms with E-state index in [0.717, 1.165) is 23.4 Å². The normalized spacial score (nSPS) is 10.6. The van der Waals surface area contributed by atoms with Crippen LogP contribution in [0.4, 0.5) is 5.69 Å². The van der Waals surface area contributed by atoms with Crippen LogP contribution in [0.5, 0.6) is 0 Å². The highest BCUT2D eigenvalue weighted by Crippen LogP contribution is 2.32. The minimum Gasteiger partial charge on any atom is -0.472 e. The molecule has 0 unspecified atom stereocenters. The van der Waals surface area contributed by atoms with Gasteiger partial charge in [0.2, 0.25) is 0 Å². The average Bonchev–Trinajstić information content (AvgIpc) is 3.09. The third-order valence-electron chi connectivity index (χ3n) is 3.32. The monoisotopic (exact) mass is 310 g/mol. The minimum atomic E-state index is 0.844. The SMILES string of the molecule is CNCc1ccc(-c2ccoc2)c(NSc2ccccc2)c1. The lowest BCUT2D eigenvalue weighted by Gasteiger charge is -2.12. The molecule has 0 saturated carbocycles. The van der Waals surface area contributed by atoms with E-state index in [1.54, 1.807) is 24.5 Å². The molecule has 0 amide bonds. The molecule has 2 N–H and O–H groups in total. The van der Waals surface area contributed by atoms with Crippen LogP contribution in [0.1, 0.15) is 5.56 Å². The van der Waals surface area contributed by atoms with Gasteiger partial charge in [0.15, 0.2) is 0 Å². The summed E-state index contributed by atoms with van der Waals surface area (Å²) in [6, 6.07) is 18.7. The molecule has 0 spiro atoms. The predicted octanol–water partition coefficient (Wildman–Crippen LogP) is 4.79. The summed E-state index contributed by atoms with van der Waals surface area (Å²) in [6.07, 6.45) is 3.47. The Kier molecular flexibility index (Phi) is 4.83. The second-order valence-electron chi connectivity index (χ2n) is 4.94. The van der Waals surface area contributed by atoms with Crippen molar-refractivity contribution in [1.82, 2.24) is 5.32 Å². The van der Waals surface area contributed by atoms with Crippen LogP contribution >= 0.6 is 11.9 Å². The molecule has 0 aliphatic rings. The van der Waals surface area contributed by atoms with Crippen molar-refractivity contribution in [3.8, 4) is 11.1 Å².